The molecule has 1 aromatic heterocycles. The largest absolute Gasteiger partial charge is 0.384 e. The molecule has 0 spiro atoms. The van der Waals surface area contributed by atoms with Crippen molar-refractivity contribution >= 4 is 11.4 Å². The van der Waals surface area contributed by atoms with Crippen molar-refractivity contribution < 1.29 is 0 Å². The highest BCUT2D eigenvalue weighted by Crippen LogP contribution is 2.12. The van der Waals surface area contributed by atoms with Crippen LogP contribution >= 0.6 is 0 Å². The molecule has 0 fully saturated rings. The number of pyridine rings is 1. The summed E-state index contributed by atoms with van der Waals surface area (Å²) in [6.07, 6.45) is 7.98. The quantitative estimate of drug-likeness (QED) is 0.119. The van der Waals surface area contributed by atoms with E-state index in [0.717, 1.165) is 116 Å². The van der Waals surface area contributed by atoms with Gasteiger partial charge in [-0.3, -0.25) is 4.98 Å². The van der Waals surface area contributed by atoms with Gasteiger partial charge in [-0.15, -0.1) is 0 Å². The van der Waals surface area contributed by atoms with Gasteiger partial charge >= 0.3 is 0 Å². The van der Waals surface area contributed by atoms with E-state index in [2.05, 4.69) is 43.0 Å². The molecule has 1 rings (SSSR count). The fourth-order valence-electron chi connectivity index (χ4n) is 2.83. The SMILES string of the molecule is NCCCNCCNCCCNc1cncc(NCCCNCCNCCCN)c1. The van der Waals surface area contributed by atoms with Gasteiger partial charge in [0.1, 0.15) is 0 Å². The number of nitrogens with two attached hydrogens (primary N) is 2. The first-order valence-electron chi connectivity index (χ1n) is 11.5. The Morgan fingerprint density at radius 2 is 0.933 bits per heavy atom. The van der Waals surface area contributed by atoms with Crippen molar-refractivity contribution in [1.82, 2.24) is 26.3 Å². The zero-order chi connectivity index (χ0) is 21.5. The third-order valence-electron chi connectivity index (χ3n) is 4.53. The maximum absolute atomic E-state index is 5.47. The number of anilines is 2. The van der Waals surface area contributed by atoms with Crippen LogP contribution in [0.4, 0.5) is 11.4 Å². The van der Waals surface area contributed by atoms with E-state index < -0.39 is 0 Å². The van der Waals surface area contributed by atoms with Gasteiger partial charge in [0.05, 0.1) is 23.8 Å². The molecule has 0 saturated heterocycles. The third kappa shape index (κ3) is 16.3. The summed E-state index contributed by atoms with van der Waals surface area (Å²) in [4.78, 5) is 4.32. The van der Waals surface area contributed by atoms with Gasteiger partial charge in [-0.2, -0.15) is 0 Å². The Hall–Kier alpha value is -1.49. The van der Waals surface area contributed by atoms with Crippen LogP contribution in [-0.2, 0) is 0 Å². The Bertz CT molecular complexity index is 448. The average molecular weight is 424 g/mol. The minimum Gasteiger partial charge on any atom is -0.384 e. The highest BCUT2D eigenvalue weighted by atomic mass is 15.0. The number of rotatable bonds is 22. The molecule has 0 amide bonds. The van der Waals surface area contributed by atoms with Crippen LogP contribution < -0.4 is 43.4 Å². The molecule has 0 aliphatic carbocycles. The monoisotopic (exact) mass is 423 g/mol. The highest BCUT2D eigenvalue weighted by molar-refractivity contribution is 5.53. The lowest BCUT2D eigenvalue weighted by Gasteiger charge is -2.11. The van der Waals surface area contributed by atoms with Gasteiger partial charge in [0, 0.05) is 39.3 Å². The van der Waals surface area contributed by atoms with Crippen molar-refractivity contribution in [3.05, 3.63) is 18.5 Å². The Morgan fingerprint density at radius 3 is 1.33 bits per heavy atom. The van der Waals surface area contributed by atoms with E-state index in [-0.39, 0.29) is 0 Å². The fraction of sp³-hybridized carbons (Fsp3) is 0.762. The highest BCUT2D eigenvalue weighted by Gasteiger charge is 1.97. The molecular formula is C21H45N9. The van der Waals surface area contributed by atoms with Crippen molar-refractivity contribution in [3.8, 4) is 0 Å². The predicted octanol–water partition coefficient (Wildman–Crippen LogP) is -0.258. The number of hydrogen-bond acceptors (Lipinski definition) is 9. The zero-order valence-corrected chi connectivity index (χ0v) is 18.6. The Morgan fingerprint density at radius 1 is 0.533 bits per heavy atom. The zero-order valence-electron chi connectivity index (χ0n) is 18.6. The van der Waals surface area contributed by atoms with Gasteiger partial charge < -0.3 is 43.4 Å². The second kappa shape index (κ2) is 20.8. The van der Waals surface area contributed by atoms with Crippen LogP contribution in [0.2, 0.25) is 0 Å². The van der Waals surface area contributed by atoms with Crippen LogP contribution in [0.5, 0.6) is 0 Å². The van der Waals surface area contributed by atoms with Crippen LogP contribution in [0.1, 0.15) is 25.7 Å². The molecule has 0 aliphatic heterocycles. The van der Waals surface area contributed by atoms with Crippen LogP contribution in [-0.4, -0.2) is 83.5 Å². The molecule has 0 atom stereocenters. The Kier molecular flexibility index (Phi) is 18.4. The van der Waals surface area contributed by atoms with Crippen LogP contribution in [0.3, 0.4) is 0 Å². The van der Waals surface area contributed by atoms with E-state index in [9.17, 15) is 0 Å². The molecule has 0 unspecified atom stereocenters. The van der Waals surface area contributed by atoms with Gasteiger partial charge in [-0.25, -0.2) is 0 Å². The van der Waals surface area contributed by atoms with Gasteiger partial charge in [-0.05, 0) is 71.0 Å². The molecule has 1 heterocycles. The smallest absolute Gasteiger partial charge is 0.0547 e. The molecule has 0 aromatic carbocycles. The van der Waals surface area contributed by atoms with E-state index in [4.69, 9.17) is 11.5 Å². The van der Waals surface area contributed by atoms with Gasteiger partial charge in [0.25, 0.3) is 0 Å². The standard InChI is InChI=1S/C21H45N9/c22-5-1-7-24-13-15-26-9-3-11-29-20-17-21(19-28-18-20)30-12-4-10-27-16-14-25-8-2-6-23/h17-19,24-27,29-30H,1-16,22-23H2. The number of hydrogen-bond donors (Lipinski definition) is 8. The normalized spacial score (nSPS) is 11.0. The first-order valence-corrected chi connectivity index (χ1v) is 11.5. The maximum Gasteiger partial charge on any atom is 0.0547 e. The predicted molar refractivity (Wildman–Crippen MR) is 129 cm³/mol. The number of aromatic nitrogens is 1. The molecule has 9 heteroatoms. The minimum atomic E-state index is 0.753. The Balaban J connectivity index is 1.97. The van der Waals surface area contributed by atoms with E-state index in [1.54, 1.807) is 0 Å². The first-order chi connectivity index (χ1) is 14.9. The summed E-state index contributed by atoms with van der Waals surface area (Å²) in [6.45, 7) is 11.4. The van der Waals surface area contributed by atoms with Gasteiger partial charge in [0.2, 0.25) is 0 Å². The molecule has 0 aliphatic rings. The van der Waals surface area contributed by atoms with E-state index in [1.165, 1.54) is 0 Å². The molecule has 0 bridgehead atoms. The lowest BCUT2D eigenvalue weighted by molar-refractivity contribution is 0.592. The molecule has 174 valence electrons. The summed E-state index contributed by atoms with van der Waals surface area (Å²) in [5.41, 5.74) is 13.1. The summed E-state index contributed by atoms with van der Waals surface area (Å²) in [6, 6.07) is 2.12. The van der Waals surface area contributed by atoms with E-state index >= 15 is 0 Å². The summed E-state index contributed by atoms with van der Waals surface area (Å²) in [5.74, 6) is 0. The minimum absolute atomic E-state index is 0.753. The molecule has 10 N–H and O–H groups in total. The summed E-state index contributed by atoms with van der Waals surface area (Å²) >= 11 is 0. The van der Waals surface area contributed by atoms with Crippen molar-refractivity contribution in [2.75, 3.05) is 89.2 Å². The molecule has 1 aromatic rings. The lowest BCUT2D eigenvalue weighted by atomic mass is 10.3. The molecule has 0 saturated carbocycles. The molecular weight excluding hydrogens is 378 g/mol. The lowest BCUT2D eigenvalue weighted by Crippen LogP contribution is -2.29. The van der Waals surface area contributed by atoms with Crippen molar-refractivity contribution in [2.45, 2.75) is 25.7 Å². The first kappa shape index (κ1) is 26.5. The van der Waals surface area contributed by atoms with Crippen LogP contribution in [0, 0.1) is 0 Å². The molecule has 0 radical (unpaired) electrons. The third-order valence-corrected chi connectivity index (χ3v) is 4.53. The van der Waals surface area contributed by atoms with Crippen molar-refractivity contribution in [1.29, 1.82) is 0 Å². The van der Waals surface area contributed by atoms with Crippen molar-refractivity contribution in [2.24, 2.45) is 11.5 Å². The van der Waals surface area contributed by atoms with Crippen molar-refractivity contribution in [3.63, 3.8) is 0 Å². The molecule has 30 heavy (non-hydrogen) atoms. The van der Waals surface area contributed by atoms with Crippen LogP contribution in [0.15, 0.2) is 18.5 Å². The topological polar surface area (TPSA) is 137 Å². The summed E-state index contributed by atoms with van der Waals surface area (Å²) in [5, 5.41) is 20.5. The summed E-state index contributed by atoms with van der Waals surface area (Å²) in [7, 11) is 0. The van der Waals surface area contributed by atoms with Gasteiger partial charge in [-0.1, -0.05) is 0 Å². The molecule has 9 nitrogen and oxygen atoms in total. The number of nitrogens with one attached hydrogen (secondary N) is 6. The van der Waals surface area contributed by atoms with Gasteiger partial charge in [0.15, 0.2) is 0 Å². The second-order valence-corrected chi connectivity index (χ2v) is 7.31. The van der Waals surface area contributed by atoms with E-state index in [1.807, 2.05) is 12.4 Å². The average Bonchev–Trinajstić information content (AvgIpc) is 2.76. The van der Waals surface area contributed by atoms with Crippen LogP contribution in [0.25, 0.3) is 0 Å². The maximum atomic E-state index is 5.47. The summed E-state index contributed by atoms with van der Waals surface area (Å²) < 4.78 is 0. The fourth-order valence-corrected chi connectivity index (χ4v) is 2.83. The second-order valence-electron chi connectivity index (χ2n) is 7.31. The Labute approximate surface area is 182 Å². The van der Waals surface area contributed by atoms with E-state index in [0.29, 0.717) is 0 Å². The number of nitrogens with zero attached hydrogens (tertiary/aromatic N) is 1.